The van der Waals surface area contributed by atoms with Crippen LogP contribution in [-0.4, -0.2) is 33.2 Å². The van der Waals surface area contributed by atoms with E-state index in [9.17, 15) is 9.59 Å². The van der Waals surface area contributed by atoms with Gasteiger partial charge in [-0.25, -0.2) is 4.79 Å². The Kier molecular flexibility index (Phi) is 4.65. The number of aromatic nitrogens is 2. The van der Waals surface area contributed by atoms with Crippen LogP contribution in [0.5, 0.6) is 0 Å². The van der Waals surface area contributed by atoms with E-state index in [1.165, 1.54) is 6.07 Å². The van der Waals surface area contributed by atoms with Gasteiger partial charge in [-0.15, -0.1) is 10.2 Å². The highest BCUT2D eigenvalue weighted by Crippen LogP contribution is 2.15. The average Bonchev–Trinajstić information content (AvgIpc) is 2.28. The second-order valence-electron chi connectivity index (χ2n) is 3.14. The van der Waals surface area contributed by atoms with E-state index in [4.69, 9.17) is 28.3 Å². The van der Waals surface area contributed by atoms with Gasteiger partial charge in [0.2, 0.25) is 0 Å². The summed E-state index contributed by atoms with van der Waals surface area (Å²) in [7, 11) is 0. The fraction of sp³-hybridized carbons (Fsp3) is 0.333. The largest absolute Gasteiger partial charge is 0.480 e. The molecule has 2 N–H and O–H groups in total. The monoisotopic (exact) mass is 277 g/mol. The number of hydrogen-bond donors (Lipinski definition) is 2. The summed E-state index contributed by atoms with van der Waals surface area (Å²) in [6, 6.07) is 0.242. The molecule has 17 heavy (non-hydrogen) atoms. The Morgan fingerprint density at radius 3 is 2.65 bits per heavy atom. The fourth-order valence-corrected chi connectivity index (χ4v) is 1.41. The Morgan fingerprint density at radius 1 is 1.47 bits per heavy atom. The lowest BCUT2D eigenvalue weighted by Crippen LogP contribution is -2.40. The minimum atomic E-state index is -1.12. The van der Waals surface area contributed by atoms with Gasteiger partial charge in [0.15, 0.2) is 10.3 Å². The van der Waals surface area contributed by atoms with E-state index < -0.39 is 17.9 Å². The van der Waals surface area contributed by atoms with Crippen LogP contribution in [0.25, 0.3) is 0 Å². The van der Waals surface area contributed by atoms with Gasteiger partial charge in [0.25, 0.3) is 5.91 Å². The lowest BCUT2D eigenvalue weighted by atomic mass is 10.2. The quantitative estimate of drug-likeness (QED) is 0.867. The predicted molar refractivity (Wildman–Crippen MR) is 61.2 cm³/mol. The van der Waals surface area contributed by atoms with Crippen molar-refractivity contribution in [2.45, 2.75) is 19.4 Å². The number of hydrogen-bond acceptors (Lipinski definition) is 4. The van der Waals surface area contributed by atoms with Crippen molar-refractivity contribution in [1.29, 1.82) is 0 Å². The van der Waals surface area contributed by atoms with Gasteiger partial charge in [-0.3, -0.25) is 4.79 Å². The van der Waals surface area contributed by atoms with Crippen molar-refractivity contribution in [3.8, 4) is 0 Å². The molecule has 1 rings (SSSR count). The van der Waals surface area contributed by atoms with E-state index in [0.717, 1.165) is 0 Å². The highest BCUT2D eigenvalue weighted by Gasteiger charge is 2.20. The third kappa shape index (κ3) is 3.54. The first kappa shape index (κ1) is 13.7. The molecule has 0 spiro atoms. The molecule has 1 amide bonds. The van der Waals surface area contributed by atoms with E-state index in [0.29, 0.717) is 0 Å². The first-order valence-electron chi connectivity index (χ1n) is 4.68. The molecular formula is C9H9Cl2N3O3. The maximum atomic E-state index is 11.7. The molecular weight excluding hydrogens is 269 g/mol. The topological polar surface area (TPSA) is 92.2 Å². The maximum Gasteiger partial charge on any atom is 0.326 e. The van der Waals surface area contributed by atoms with Crippen LogP contribution in [0.3, 0.4) is 0 Å². The van der Waals surface area contributed by atoms with E-state index in [1.54, 1.807) is 6.92 Å². The SMILES string of the molecule is CC[C@@H](NC(=O)c1cc(Cl)nnc1Cl)C(=O)O. The number of aliphatic carboxylic acids is 1. The highest BCUT2D eigenvalue weighted by molar-refractivity contribution is 6.34. The van der Waals surface area contributed by atoms with Gasteiger partial charge in [0.05, 0.1) is 5.56 Å². The minimum absolute atomic E-state index is 0.00271. The lowest BCUT2D eigenvalue weighted by molar-refractivity contribution is -0.139. The molecule has 1 heterocycles. The van der Waals surface area contributed by atoms with Crippen LogP contribution in [0.2, 0.25) is 10.3 Å². The van der Waals surface area contributed by atoms with Crippen LogP contribution >= 0.6 is 23.2 Å². The minimum Gasteiger partial charge on any atom is -0.480 e. The molecule has 0 fully saturated rings. The standard InChI is InChI=1S/C9H9Cl2N3O3/c1-2-5(9(16)17)12-8(15)4-3-6(10)13-14-7(4)11/h3,5H,2H2,1H3,(H,12,15)(H,16,17)/t5-/m1/s1. The summed E-state index contributed by atoms with van der Waals surface area (Å²) in [6.45, 7) is 1.64. The van der Waals surface area contributed by atoms with Gasteiger partial charge >= 0.3 is 5.97 Å². The molecule has 8 heteroatoms. The average molecular weight is 278 g/mol. The normalized spacial score (nSPS) is 11.9. The Hall–Kier alpha value is -1.40. The molecule has 0 saturated carbocycles. The molecule has 1 atom stereocenters. The molecule has 1 aromatic rings. The number of halogens is 2. The Balaban J connectivity index is 2.89. The number of amides is 1. The van der Waals surface area contributed by atoms with Crippen molar-refractivity contribution in [2.24, 2.45) is 0 Å². The van der Waals surface area contributed by atoms with E-state index in [1.807, 2.05) is 0 Å². The van der Waals surface area contributed by atoms with Gasteiger partial charge < -0.3 is 10.4 Å². The molecule has 0 unspecified atom stereocenters. The summed E-state index contributed by atoms with van der Waals surface area (Å²) in [6.07, 6.45) is 0.255. The number of carbonyl (C=O) groups is 2. The zero-order valence-corrected chi connectivity index (χ0v) is 10.3. The number of nitrogens with zero attached hydrogens (tertiary/aromatic N) is 2. The second kappa shape index (κ2) is 5.79. The summed E-state index contributed by atoms with van der Waals surface area (Å²) < 4.78 is 0. The Morgan fingerprint density at radius 2 is 2.12 bits per heavy atom. The zero-order valence-electron chi connectivity index (χ0n) is 8.78. The molecule has 1 aromatic heterocycles. The maximum absolute atomic E-state index is 11.7. The Labute approximate surface area is 107 Å². The van der Waals surface area contributed by atoms with Crippen LogP contribution in [0.4, 0.5) is 0 Å². The summed E-state index contributed by atoms with van der Waals surface area (Å²) in [5, 5.41) is 17.9. The van der Waals surface area contributed by atoms with Gasteiger partial charge in [-0.05, 0) is 12.5 Å². The molecule has 0 aliphatic rings. The van der Waals surface area contributed by atoms with Crippen molar-refractivity contribution in [3.05, 3.63) is 21.9 Å². The first-order valence-corrected chi connectivity index (χ1v) is 5.43. The second-order valence-corrected chi connectivity index (χ2v) is 3.89. The van der Waals surface area contributed by atoms with Crippen molar-refractivity contribution in [2.75, 3.05) is 0 Å². The van der Waals surface area contributed by atoms with Crippen LogP contribution < -0.4 is 5.32 Å². The molecule has 0 aliphatic heterocycles. The van der Waals surface area contributed by atoms with Crippen LogP contribution in [0.15, 0.2) is 6.07 Å². The highest BCUT2D eigenvalue weighted by atomic mass is 35.5. The van der Waals surface area contributed by atoms with Crippen molar-refractivity contribution < 1.29 is 14.7 Å². The number of carbonyl (C=O) groups excluding carboxylic acids is 1. The smallest absolute Gasteiger partial charge is 0.326 e. The molecule has 0 aromatic carbocycles. The van der Waals surface area contributed by atoms with E-state index in [-0.39, 0.29) is 22.3 Å². The number of rotatable bonds is 4. The fourth-order valence-electron chi connectivity index (χ4n) is 1.09. The van der Waals surface area contributed by atoms with Gasteiger partial charge in [-0.1, -0.05) is 30.1 Å². The summed E-state index contributed by atoms with van der Waals surface area (Å²) in [4.78, 5) is 22.5. The van der Waals surface area contributed by atoms with E-state index >= 15 is 0 Å². The van der Waals surface area contributed by atoms with Gasteiger partial charge in [-0.2, -0.15) is 0 Å². The lowest BCUT2D eigenvalue weighted by Gasteiger charge is -2.12. The zero-order chi connectivity index (χ0) is 13.0. The number of carboxylic acid groups (broad SMARTS) is 1. The molecule has 92 valence electrons. The van der Waals surface area contributed by atoms with Crippen molar-refractivity contribution in [1.82, 2.24) is 15.5 Å². The first-order chi connectivity index (χ1) is 7.95. The molecule has 0 aliphatic carbocycles. The predicted octanol–water partition coefficient (Wildman–Crippen LogP) is 1.38. The summed E-state index contributed by atoms with van der Waals surface area (Å²) in [5.74, 6) is -1.77. The van der Waals surface area contributed by atoms with Crippen LogP contribution in [-0.2, 0) is 4.79 Å². The van der Waals surface area contributed by atoms with E-state index in [2.05, 4.69) is 15.5 Å². The number of nitrogens with one attached hydrogen (secondary N) is 1. The number of carboxylic acids is 1. The van der Waals surface area contributed by atoms with Crippen LogP contribution in [0.1, 0.15) is 23.7 Å². The van der Waals surface area contributed by atoms with Crippen molar-refractivity contribution in [3.63, 3.8) is 0 Å². The summed E-state index contributed by atoms with van der Waals surface area (Å²) >= 11 is 11.2. The summed E-state index contributed by atoms with van der Waals surface area (Å²) in [5.41, 5.74) is -0.00799. The van der Waals surface area contributed by atoms with Crippen LogP contribution in [0, 0.1) is 0 Å². The van der Waals surface area contributed by atoms with Gasteiger partial charge in [0.1, 0.15) is 6.04 Å². The van der Waals surface area contributed by atoms with Crippen molar-refractivity contribution >= 4 is 35.1 Å². The third-order valence-corrected chi connectivity index (χ3v) is 2.44. The Bertz CT molecular complexity index is 453. The molecule has 0 saturated heterocycles. The molecule has 6 nitrogen and oxygen atoms in total. The molecule has 0 bridgehead atoms. The van der Waals surface area contributed by atoms with Gasteiger partial charge in [0, 0.05) is 0 Å². The molecule has 0 radical (unpaired) electrons. The third-order valence-electron chi connectivity index (χ3n) is 1.98.